The van der Waals surface area contributed by atoms with Crippen molar-refractivity contribution in [1.82, 2.24) is 5.32 Å². The first kappa shape index (κ1) is 14.3. The van der Waals surface area contributed by atoms with Crippen LogP contribution in [-0.4, -0.2) is 31.1 Å². The molecule has 1 aliphatic heterocycles. The molecule has 1 saturated carbocycles. The van der Waals surface area contributed by atoms with Gasteiger partial charge in [-0.1, -0.05) is 26.7 Å². The third kappa shape index (κ3) is 3.69. The largest absolute Gasteiger partial charge is 0.349 e. The van der Waals surface area contributed by atoms with Gasteiger partial charge in [-0.05, 0) is 38.5 Å². The smallest absolute Gasteiger partial charge is 0.162 e. The van der Waals surface area contributed by atoms with Gasteiger partial charge in [0.1, 0.15) is 0 Å². The molecule has 1 heterocycles. The molecule has 0 radical (unpaired) electrons. The first-order valence-corrected chi connectivity index (χ1v) is 7.52. The maximum atomic E-state index is 5.73. The molecule has 3 nitrogen and oxygen atoms in total. The summed E-state index contributed by atoms with van der Waals surface area (Å²) < 4.78 is 11.5. The number of nitrogens with one attached hydrogen (secondary N) is 1. The highest BCUT2D eigenvalue weighted by Crippen LogP contribution is 2.31. The van der Waals surface area contributed by atoms with E-state index in [9.17, 15) is 0 Å². The zero-order valence-corrected chi connectivity index (χ0v) is 12.4. The van der Waals surface area contributed by atoms with Crippen molar-refractivity contribution < 1.29 is 9.47 Å². The van der Waals surface area contributed by atoms with Gasteiger partial charge in [-0.25, -0.2) is 0 Å². The summed E-state index contributed by atoms with van der Waals surface area (Å²) in [5.74, 6) is 1.18. The van der Waals surface area contributed by atoms with Crippen LogP contribution in [0, 0.1) is 11.8 Å². The number of rotatable bonds is 3. The van der Waals surface area contributed by atoms with E-state index >= 15 is 0 Å². The molecule has 0 aromatic carbocycles. The molecule has 0 amide bonds. The van der Waals surface area contributed by atoms with Crippen LogP contribution in [0.4, 0.5) is 0 Å². The van der Waals surface area contributed by atoms with E-state index in [-0.39, 0.29) is 0 Å². The van der Waals surface area contributed by atoms with Crippen molar-refractivity contribution in [2.75, 3.05) is 13.2 Å². The van der Waals surface area contributed by atoms with Gasteiger partial charge >= 0.3 is 0 Å². The Bertz CT molecular complexity index is 255. The SMILES string of the molecule is CC(C)C1CCCCC1NC1COC(C)(C)OC1. The molecular formula is C15H29NO2. The van der Waals surface area contributed by atoms with E-state index in [0.717, 1.165) is 25.0 Å². The van der Waals surface area contributed by atoms with Gasteiger partial charge in [0.05, 0.1) is 19.3 Å². The van der Waals surface area contributed by atoms with Crippen LogP contribution < -0.4 is 5.32 Å². The normalized spacial score (nSPS) is 33.8. The van der Waals surface area contributed by atoms with Gasteiger partial charge in [-0.3, -0.25) is 0 Å². The molecule has 2 unspecified atom stereocenters. The van der Waals surface area contributed by atoms with E-state index in [0.29, 0.717) is 12.1 Å². The molecule has 3 heteroatoms. The van der Waals surface area contributed by atoms with Crippen molar-refractivity contribution >= 4 is 0 Å². The van der Waals surface area contributed by atoms with Crippen LogP contribution in [0.5, 0.6) is 0 Å². The Balaban J connectivity index is 1.84. The standard InChI is InChI=1S/C15H29NO2/c1-11(2)13-7-5-6-8-14(13)16-12-9-17-15(3,4)18-10-12/h11-14,16H,5-10H2,1-4H3. The number of hydrogen-bond acceptors (Lipinski definition) is 3. The highest BCUT2D eigenvalue weighted by molar-refractivity contribution is 4.86. The molecule has 1 N–H and O–H groups in total. The fourth-order valence-electron chi connectivity index (χ4n) is 3.26. The van der Waals surface area contributed by atoms with Crippen LogP contribution >= 0.6 is 0 Å². The van der Waals surface area contributed by atoms with Gasteiger partial charge < -0.3 is 14.8 Å². The average molecular weight is 255 g/mol. The fourth-order valence-corrected chi connectivity index (χ4v) is 3.26. The van der Waals surface area contributed by atoms with Crippen LogP contribution in [0.25, 0.3) is 0 Å². The van der Waals surface area contributed by atoms with Crippen molar-refractivity contribution in [2.24, 2.45) is 11.8 Å². The van der Waals surface area contributed by atoms with E-state index in [1.165, 1.54) is 25.7 Å². The molecule has 0 aromatic rings. The first-order valence-electron chi connectivity index (χ1n) is 7.52. The zero-order valence-electron chi connectivity index (χ0n) is 12.4. The quantitative estimate of drug-likeness (QED) is 0.841. The summed E-state index contributed by atoms with van der Waals surface area (Å²) >= 11 is 0. The molecule has 2 atom stereocenters. The van der Waals surface area contributed by atoms with E-state index in [2.05, 4.69) is 19.2 Å². The van der Waals surface area contributed by atoms with Crippen LogP contribution in [-0.2, 0) is 9.47 Å². The highest BCUT2D eigenvalue weighted by Gasteiger charge is 2.33. The molecule has 2 aliphatic rings. The van der Waals surface area contributed by atoms with Crippen molar-refractivity contribution in [3.8, 4) is 0 Å². The van der Waals surface area contributed by atoms with Crippen LogP contribution in [0.15, 0.2) is 0 Å². The lowest BCUT2D eigenvalue weighted by molar-refractivity contribution is -0.254. The molecule has 0 spiro atoms. The molecule has 0 bridgehead atoms. The third-order valence-corrected chi connectivity index (χ3v) is 4.39. The van der Waals surface area contributed by atoms with Crippen molar-refractivity contribution in [3.63, 3.8) is 0 Å². The Morgan fingerprint density at radius 1 is 1.06 bits per heavy atom. The summed E-state index contributed by atoms with van der Waals surface area (Å²) in [6.07, 6.45) is 5.44. The molecule has 2 rings (SSSR count). The van der Waals surface area contributed by atoms with Gasteiger partial charge in [0.2, 0.25) is 0 Å². The van der Waals surface area contributed by atoms with Crippen LogP contribution in [0.2, 0.25) is 0 Å². The summed E-state index contributed by atoms with van der Waals surface area (Å²) in [4.78, 5) is 0. The Kier molecular flexibility index (Phi) is 4.68. The molecule has 1 aliphatic carbocycles. The zero-order chi connectivity index (χ0) is 13.2. The van der Waals surface area contributed by atoms with E-state index in [1.54, 1.807) is 0 Å². The first-order chi connectivity index (χ1) is 8.48. The Morgan fingerprint density at radius 2 is 1.67 bits per heavy atom. The monoisotopic (exact) mass is 255 g/mol. The Morgan fingerprint density at radius 3 is 2.28 bits per heavy atom. The minimum atomic E-state index is -0.401. The third-order valence-electron chi connectivity index (χ3n) is 4.39. The predicted octanol–water partition coefficient (Wildman–Crippen LogP) is 2.94. The molecular weight excluding hydrogens is 226 g/mol. The summed E-state index contributed by atoms with van der Waals surface area (Å²) in [7, 11) is 0. The van der Waals surface area contributed by atoms with Crippen molar-refractivity contribution in [1.29, 1.82) is 0 Å². The maximum absolute atomic E-state index is 5.73. The van der Waals surface area contributed by atoms with Gasteiger partial charge in [0, 0.05) is 6.04 Å². The summed E-state index contributed by atoms with van der Waals surface area (Å²) in [5, 5.41) is 3.78. The predicted molar refractivity (Wildman–Crippen MR) is 73.5 cm³/mol. The summed E-state index contributed by atoms with van der Waals surface area (Å²) in [5.41, 5.74) is 0. The van der Waals surface area contributed by atoms with Crippen LogP contribution in [0.1, 0.15) is 53.4 Å². The minimum absolute atomic E-state index is 0.363. The lowest BCUT2D eigenvalue weighted by Gasteiger charge is -2.41. The highest BCUT2D eigenvalue weighted by atomic mass is 16.7. The molecule has 1 saturated heterocycles. The maximum Gasteiger partial charge on any atom is 0.162 e. The molecule has 0 aromatic heterocycles. The topological polar surface area (TPSA) is 30.5 Å². The van der Waals surface area contributed by atoms with Crippen molar-refractivity contribution in [3.05, 3.63) is 0 Å². The van der Waals surface area contributed by atoms with Gasteiger partial charge in [0.15, 0.2) is 5.79 Å². The van der Waals surface area contributed by atoms with Gasteiger partial charge in [-0.15, -0.1) is 0 Å². The molecule has 106 valence electrons. The number of ether oxygens (including phenoxy) is 2. The van der Waals surface area contributed by atoms with E-state index in [1.807, 2.05) is 13.8 Å². The molecule has 18 heavy (non-hydrogen) atoms. The summed E-state index contributed by atoms with van der Waals surface area (Å²) in [6, 6.07) is 1.01. The minimum Gasteiger partial charge on any atom is -0.349 e. The van der Waals surface area contributed by atoms with Gasteiger partial charge in [0.25, 0.3) is 0 Å². The fraction of sp³-hybridized carbons (Fsp3) is 1.00. The number of hydrogen-bond donors (Lipinski definition) is 1. The van der Waals surface area contributed by atoms with E-state index in [4.69, 9.17) is 9.47 Å². The van der Waals surface area contributed by atoms with E-state index < -0.39 is 5.79 Å². The summed E-state index contributed by atoms with van der Waals surface area (Å²) in [6.45, 7) is 10.2. The van der Waals surface area contributed by atoms with Crippen LogP contribution in [0.3, 0.4) is 0 Å². The lowest BCUT2D eigenvalue weighted by atomic mass is 9.77. The van der Waals surface area contributed by atoms with Crippen molar-refractivity contribution in [2.45, 2.75) is 71.2 Å². The lowest BCUT2D eigenvalue weighted by Crippen LogP contribution is -2.54. The second-order valence-corrected chi connectivity index (χ2v) is 6.68. The Labute approximate surface area is 112 Å². The second-order valence-electron chi connectivity index (χ2n) is 6.68. The van der Waals surface area contributed by atoms with Gasteiger partial charge in [-0.2, -0.15) is 0 Å². The molecule has 2 fully saturated rings. The Hall–Kier alpha value is -0.120. The second kappa shape index (κ2) is 5.89. The average Bonchev–Trinajstić information content (AvgIpc) is 2.32.